The van der Waals surface area contributed by atoms with Gasteiger partial charge in [0, 0.05) is 18.0 Å². The molecule has 3 aromatic carbocycles. The lowest BCUT2D eigenvalue weighted by Crippen LogP contribution is -2.32. The number of aromatic hydroxyl groups is 1. The van der Waals surface area contributed by atoms with Crippen molar-refractivity contribution >= 4 is 16.9 Å². The van der Waals surface area contributed by atoms with E-state index in [1.165, 1.54) is 21.6 Å². The minimum Gasteiger partial charge on any atom is -0.508 e. The summed E-state index contributed by atoms with van der Waals surface area (Å²) >= 11 is 1.71. The normalized spacial score (nSPS) is 11.7. The highest BCUT2D eigenvalue weighted by Gasteiger charge is 2.16. The molecule has 3 aromatic rings. The molecule has 0 spiro atoms. The molecule has 0 aromatic heterocycles. The quantitative estimate of drug-likeness (QED) is 0.253. The Hall–Kier alpha value is -2.72. The van der Waals surface area contributed by atoms with E-state index in [4.69, 9.17) is 4.99 Å². The van der Waals surface area contributed by atoms with Crippen LogP contribution >= 0.6 is 11.8 Å². The molecule has 3 rings (SSSR count). The molecule has 162 valence electrons. The summed E-state index contributed by atoms with van der Waals surface area (Å²) in [6.07, 6.45) is 0. The maximum Gasteiger partial charge on any atom is 0.164 e. The Morgan fingerprint density at radius 2 is 1.58 bits per heavy atom. The Bertz CT molecular complexity index is 1030. The molecule has 4 heteroatoms. The highest BCUT2D eigenvalue weighted by atomic mass is 32.2. The van der Waals surface area contributed by atoms with E-state index in [-0.39, 0.29) is 0 Å². The lowest BCUT2D eigenvalue weighted by Gasteiger charge is -2.28. The number of aryl methyl sites for hydroxylation is 2. The van der Waals surface area contributed by atoms with Crippen LogP contribution in [0.5, 0.6) is 5.75 Å². The molecule has 0 aliphatic heterocycles. The molecule has 1 N–H and O–H groups in total. The van der Waals surface area contributed by atoms with Crippen LogP contribution in [0.1, 0.15) is 36.1 Å². The summed E-state index contributed by atoms with van der Waals surface area (Å²) in [4.78, 5) is 8.60. The van der Waals surface area contributed by atoms with Crippen molar-refractivity contribution in [2.75, 3.05) is 6.54 Å². The molecular formula is C27H32N2OS. The smallest absolute Gasteiger partial charge is 0.164 e. The fraction of sp³-hybridized carbons (Fsp3) is 0.296. The number of amidine groups is 1. The first-order chi connectivity index (χ1) is 14.9. The van der Waals surface area contributed by atoms with E-state index in [0.717, 1.165) is 17.3 Å². The Kier molecular flexibility index (Phi) is 8.19. The van der Waals surface area contributed by atoms with Crippen LogP contribution in [0.4, 0.5) is 0 Å². The van der Waals surface area contributed by atoms with E-state index in [1.807, 2.05) is 12.1 Å². The summed E-state index contributed by atoms with van der Waals surface area (Å²) in [6, 6.07) is 24.6. The van der Waals surface area contributed by atoms with Crippen LogP contribution in [0.25, 0.3) is 0 Å². The van der Waals surface area contributed by atoms with Crippen LogP contribution in [0.3, 0.4) is 0 Å². The highest BCUT2D eigenvalue weighted by molar-refractivity contribution is 8.13. The maximum absolute atomic E-state index is 9.94. The third kappa shape index (κ3) is 7.48. The van der Waals surface area contributed by atoms with Gasteiger partial charge in [0.05, 0.1) is 6.54 Å². The number of rotatable bonds is 7. The van der Waals surface area contributed by atoms with Gasteiger partial charge in [-0.15, -0.1) is 0 Å². The lowest BCUT2D eigenvalue weighted by molar-refractivity contribution is 0.364. The number of aliphatic imine (C=N–C) groups is 1. The van der Waals surface area contributed by atoms with Crippen LogP contribution in [0, 0.1) is 19.8 Å². The topological polar surface area (TPSA) is 35.8 Å². The van der Waals surface area contributed by atoms with Gasteiger partial charge in [0.15, 0.2) is 5.17 Å². The molecule has 0 aliphatic rings. The molecule has 0 bridgehead atoms. The maximum atomic E-state index is 9.94. The van der Waals surface area contributed by atoms with Crippen molar-refractivity contribution in [3.8, 4) is 5.75 Å². The third-order valence-corrected chi connectivity index (χ3v) is 5.88. The van der Waals surface area contributed by atoms with E-state index in [1.54, 1.807) is 17.8 Å². The van der Waals surface area contributed by atoms with Crippen molar-refractivity contribution in [3.05, 3.63) is 95.1 Å². The molecule has 3 nitrogen and oxygen atoms in total. The predicted molar refractivity (Wildman–Crippen MR) is 133 cm³/mol. The van der Waals surface area contributed by atoms with Gasteiger partial charge in [0.2, 0.25) is 0 Å². The van der Waals surface area contributed by atoms with Gasteiger partial charge in [0.25, 0.3) is 0 Å². The van der Waals surface area contributed by atoms with Crippen molar-refractivity contribution in [3.63, 3.8) is 0 Å². The van der Waals surface area contributed by atoms with Gasteiger partial charge in [-0.25, -0.2) is 0 Å². The van der Waals surface area contributed by atoms with Gasteiger partial charge in [-0.3, -0.25) is 4.99 Å². The Morgan fingerprint density at radius 1 is 0.903 bits per heavy atom. The average Bonchev–Trinajstić information content (AvgIpc) is 2.70. The average molecular weight is 433 g/mol. The molecule has 0 amide bonds. The van der Waals surface area contributed by atoms with Gasteiger partial charge in [-0.05, 0) is 55.2 Å². The number of nitrogens with zero attached hydrogens (tertiary/aromatic N) is 2. The van der Waals surface area contributed by atoms with Crippen LogP contribution in [0.15, 0.2) is 82.7 Å². The summed E-state index contributed by atoms with van der Waals surface area (Å²) < 4.78 is 0. The first-order valence-corrected chi connectivity index (χ1v) is 11.6. The standard InChI is InChI=1S/C27H32N2OS/c1-20(2)18-29(19-24-11-7-12-25(30)16-24)27(31-26-13-6-9-22(4)15-26)28-17-23-10-5-8-21(3)14-23/h5-16,20,30H,17-19H2,1-4H3. The highest BCUT2D eigenvalue weighted by Crippen LogP contribution is 2.26. The fourth-order valence-electron chi connectivity index (χ4n) is 3.48. The first-order valence-electron chi connectivity index (χ1n) is 10.8. The van der Waals surface area contributed by atoms with Crippen molar-refractivity contribution in [1.82, 2.24) is 4.90 Å². The Balaban J connectivity index is 1.93. The van der Waals surface area contributed by atoms with Gasteiger partial charge < -0.3 is 10.0 Å². The van der Waals surface area contributed by atoms with E-state index in [2.05, 4.69) is 87.2 Å². The Labute approximate surface area is 190 Å². The summed E-state index contributed by atoms with van der Waals surface area (Å²) in [7, 11) is 0. The molecule has 0 fully saturated rings. The SMILES string of the molecule is Cc1cccc(CN=C(Sc2cccc(C)c2)N(Cc2cccc(O)c2)CC(C)C)c1. The van der Waals surface area contributed by atoms with Gasteiger partial charge >= 0.3 is 0 Å². The third-order valence-electron chi connectivity index (χ3n) is 4.82. The number of phenols is 1. The molecule has 0 atom stereocenters. The van der Waals surface area contributed by atoms with Crippen LogP contribution in [-0.4, -0.2) is 21.7 Å². The lowest BCUT2D eigenvalue weighted by atomic mass is 10.1. The van der Waals surface area contributed by atoms with Crippen LogP contribution in [0.2, 0.25) is 0 Å². The van der Waals surface area contributed by atoms with Crippen molar-refractivity contribution in [1.29, 1.82) is 0 Å². The molecule has 0 aliphatic carbocycles. The van der Waals surface area contributed by atoms with Crippen molar-refractivity contribution in [2.45, 2.75) is 45.7 Å². The minimum absolute atomic E-state index is 0.298. The number of phenolic OH excluding ortho intramolecular Hbond substituents is 1. The summed E-state index contributed by atoms with van der Waals surface area (Å²) in [6.45, 7) is 10.9. The van der Waals surface area contributed by atoms with Crippen LogP contribution < -0.4 is 0 Å². The zero-order valence-corrected chi connectivity index (χ0v) is 19.7. The fourth-order valence-corrected chi connectivity index (χ4v) is 4.48. The zero-order chi connectivity index (χ0) is 22.2. The number of thioether (sulfide) groups is 1. The van der Waals surface area contributed by atoms with E-state index in [9.17, 15) is 5.11 Å². The number of hydrogen-bond acceptors (Lipinski definition) is 3. The van der Waals surface area contributed by atoms with Crippen molar-refractivity contribution in [2.24, 2.45) is 10.9 Å². The summed E-state index contributed by atoms with van der Waals surface area (Å²) in [5.41, 5.74) is 4.78. The van der Waals surface area contributed by atoms with Gasteiger partial charge in [-0.2, -0.15) is 0 Å². The largest absolute Gasteiger partial charge is 0.508 e. The summed E-state index contributed by atoms with van der Waals surface area (Å²) in [5, 5.41) is 10.9. The zero-order valence-electron chi connectivity index (χ0n) is 18.9. The van der Waals surface area contributed by atoms with Gasteiger partial charge in [-0.1, -0.05) is 85.3 Å². The molecule has 31 heavy (non-hydrogen) atoms. The Morgan fingerprint density at radius 3 is 2.26 bits per heavy atom. The van der Waals surface area contributed by atoms with E-state index in [0.29, 0.717) is 24.8 Å². The molecule has 0 saturated carbocycles. The first kappa shape index (κ1) is 23.0. The molecular weight excluding hydrogens is 400 g/mol. The minimum atomic E-state index is 0.298. The number of hydrogen-bond donors (Lipinski definition) is 1. The van der Waals surface area contributed by atoms with Gasteiger partial charge in [0.1, 0.15) is 5.75 Å². The second-order valence-corrected chi connectivity index (χ2v) is 9.49. The molecule has 0 heterocycles. The van der Waals surface area contributed by atoms with E-state index >= 15 is 0 Å². The molecule has 0 radical (unpaired) electrons. The second-order valence-electron chi connectivity index (χ2n) is 8.45. The monoisotopic (exact) mass is 432 g/mol. The van der Waals surface area contributed by atoms with Crippen molar-refractivity contribution < 1.29 is 5.11 Å². The summed E-state index contributed by atoms with van der Waals surface area (Å²) in [5.74, 6) is 0.783. The number of benzene rings is 3. The van der Waals surface area contributed by atoms with E-state index < -0.39 is 0 Å². The van der Waals surface area contributed by atoms with Crippen LogP contribution in [-0.2, 0) is 13.1 Å². The predicted octanol–water partition coefficient (Wildman–Crippen LogP) is 6.82. The second kappa shape index (κ2) is 11.1. The molecule has 0 unspecified atom stereocenters. The molecule has 0 saturated heterocycles.